The lowest BCUT2D eigenvalue weighted by molar-refractivity contribution is -0.138. The Morgan fingerprint density at radius 1 is 1.03 bits per heavy atom. The quantitative estimate of drug-likeness (QED) is 0.517. The Balaban J connectivity index is 0. The van der Waals surface area contributed by atoms with Gasteiger partial charge in [0.15, 0.2) is 0 Å². The van der Waals surface area contributed by atoms with Gasteiger partial charge >= 0.3 is 12.1 Å². The van der Waals surface area contributed by atoms with Crippen molar-refractivity contribution in [3.8, 4) is 0 Å². The van der Waals surface area contributed by atoms with E-state index in [0.717, 1.165) is 0 Å². The number of carbonyl (C=O) groups is 3. The van der Waals surface area contributed by atoms with Crippen molar-refractivity contribution in [3.05, 3.63) is 11.6 Å². The van der Waals surface area contributed by atoms with E-state index in [9.17, 15) is 14.4 Å². The molecule has 0 aromatic rings. The molecule has 0 rings (SSSR count). The number of amides is 2. The van der Waals surface area contributed by atoms with E-state index in [4.69, 9.17) is 9.47 Å². The second-order valence-electron chi connectivity index (χ2n) is 8.98. The van der Waals surface area contributed by atoms with Crippen LogP contribution in [0.3, 0.4) is 0 Å². The Labute approximate surface area is 177 Å². The zero-order valence-electron chi connectivity index (χ0n) is 20.3. The molecule has 0 aliphatic carbocycles. The summed E-state index contributed by atoms with van der Waals surface area (Å²) in [5, 5.41) is 2.66. The minimum absolute atomic E-state index is 0.228. The average molecular weight is 415 g/mol. The van der Waals surface area contributed by atoms with Gasteiger partial charge in [0.1, 0.15) is 11.6 Å². The molecule has 0 aliphatic heterocycles. The van der Waals surface area contributed by atoms with Gasteiger partial charge in [0.25, 0.3) is 0 Å². The lowest BCUT2D eigenvalue weighted by Gasteiger charge is -2.33. The number of esters is 1. The van der Waals surface area contributed by atoms with Gasteiger partial charge < -0.3 is 19.7 Å². The SMILES string of the molecule is CCC.CCOC(=O)/C(C)=C/CN(C)C(=O)C(NC(=O)OC(C)(C)C)C(C)(C)C. The molecule has 0 heterocycles. The Hall–Kier alpha value is -2.05. The number of ether oxygens (including phenoxy) is 2. The van der Waals surface area contributed by atoms with Gasteiger partial charge in [-0.15, -0.1) is 0 Å². The molecule has 0 aliphatic rings. The van der Waals surface area contributed by atoms with Gasteiger partial charge in [-0.25, -0.2) is 9.59 Å². The van der Waals surface area contributed by atoms with Crippen molar-refractivity contribution in [2.24, 2.45) is 5.41 Å². The lowest BCUT2D eigenvalue weighted by Crippen LogP contribution is -2.54. The van der Waals surface area contributed by atoms with Crippen LogP contribution >= 0.6 is 0 Å². The summed E-state index contributed by atoms with van der Waals surface area (Å²) in [6.07, 6.45) is 2.24. The van der Waals surface area contributed by atoms with Crippen molar-refractivity contribution in [1.29, 1.82) is 0 Å². The summed E-state index contributed by atoms with van der Waals surface area (Å²) in [5.41, 5.74) is -0.734. The summed E-state index contributed by atoms with van der Waals surface area (Å²) in [4.78, 5) is 38.0. The van der Waals surface area contributed by atoms with E-state index in [-0.39, 0.29) is 12.5 Å². The maximum atomic E-state index is 12.8. The van der Waals surface area contributed by atoms with Crippen LogP contribution in [0.5, 0.6) is 0 Å². The third-order valence-corrected chi connectivity index (χ3v) is 3.42. The summed E-state index contributed by atoms with van der Waals surface area (Å²) in [6, 6.07) is -0.765. The molecule has 1 unspecified atom stereocenters. The predicted molar refractivity (Wildman–Crippen MR) is 117 cm³/mol. The maximum Gasteiger partial charge on any atom is 0.408 e. The smallest absolute Gasteiger partial charge is 0.408 e. The molecule has 7 nitrogen and oxygen atoms in total. The highest BCUT2D eigenvalue weighted by Gasteiger charge is 2.35. The second-order valence-corrected chi connectivity index (χ2v) is 8.98. The van der Waals surface area contributed by atoms with E-state index < -0.39 is 29.1 Å². The molecule has 170 valence electrons. The minimum atomic E-state index is -0.765. The molecule has 0 saturated heterocycles. The summed E-state index contributed by atoms with van der Waals surface area (Å²) in [7, 11) is 1.62. The van der Waals surface area contributed by atoms with Crippen LogP contribution in [0.15, 0.2) is 11.6 Å². The number of hydrogen-bond donors (Lipinski definition) is 1. The topological polar surface area (TPSA) is 84.9 Å². The van der Waals surface area contributed by atoms with E-state index in [0.29, 0.717) is 12.2 Å². The van der Waals surface area contributed by atoms with E-state index in [1.165, 1.54) is 11.3 Å². The van der Waals surface area contributed by atoms with E-state index in [1.54, 1.807) is 47.7 Å². The minimum Gasteiger partial charge on any atom is -0.463 e. The van der Waals surface area contributed by atoms with Crippen LogP contribution in [0.1, 0.15) is 75.7 Å². The van der Waals surface area contributed by atoms with Crippen LogP contribution in [0.4, 0.5) is 4.79 Å². The number of carbonyl (C=O) groups excluding carboxylic acids is 3. The van der Waals surface area contributed by atoms with Gasteiger partial charge in [0.05, 0.1) is 6.61 Å². The van der Waals surface area contributed by atoms with Crippen molar-refractivity contribution in [2.45, 2.75) is 87.3 Å². The number of rotatable bonds is 6. The largest absolute Gasteiger partial charge is 0.463 e. The fourth-order valence-corrected chi connectivity index (χ4v) is 1.99. The van der Waals surface area contributed by atoms with Gasteiger partial charge in [-0.1, -0.05) is 47.1 Å². The van der Waals surface area contributed by atoms with Crippen LogP contribution in [0.2, 0.25) is 0 Å². The highest BCUT2D eigenvalue weighted by molar-refractivity contribution is 5.88. The second kappa shape index (κ2) is 13.2. The highest BCUT2D eigenvalue weighted by Crippen LogP contribution is 2.21. The first kappa shape index (κ1) is 29.2. The molecule has 0 radical (unpaired) electrons. The van der Waals surface area contributed by atoms with Gasteiger partial charge in [-0.2, -0.15) is 0 Å². The average Bonchev–Trinajstić information content (AvgIpc) is 2.55. The highest BCUT2D eigenvalue weighted by atomic mass is 16.6. The van der Waals surface area contributed by atoms with Crippen molar-refractivity contribution >= 4 is 18.0 Å². The van der Waals surface area contributed by atoms with Crippen molar-refractivity contribution < 1.29 is 23.9 Å². The third-order valence-electron chi connectivity index (χ3n) is 3.42. The zero-order valence-corrected chi connectivity index (χ0v) is 20.3. The number of alkyl carbamates (subject to hydrolysis) is 1. The first-order chi connectivity index (χ1) is 13.1. The molecule has 2 amide bonds. The number of nitrogens with zero attached hydrogens (tertiary/aromatic N) is 1. The Kier molecular flexibility index (Phi) is 13.3. The number of hydrogen-bond acceptors (Lipinski definition) is 5. The van der Waals surface area contributed by atoms with Gasteiger partial charge in [0.2, 0.25) is 5.91 Å². The molecule has 0 aromatic carbocycles. The van der Waals surface area contributed by atoms with Crippen LogP contribution < -0.4 is 5.32 Å². The van der Waals surface area contributed by atoms with Crippen LogP contribution in [-0.4, -0.2) is 54.7 Å². The summed E-state index contributed by atoms with van der Waals surface area (Å²) in [6.45, 7) is 19.0. The zero-order chi connectivity index (χ0) is 23.4. The first-order valence-corrected chi connectivity index (χ1v) is 10.2. The molecule has 0 bridgehead atoms. The summed E-state index contributed by atoms with van der Waals surface area (Å²) in [5.74, 6) is -0.677. The molecular formula is C22H42N2O5. The summed E-state index contributed by atoms with van der Waals surface area (Å²) < 4.78 is 10.2. The van der Waals surface area contributed by atoms with Crippen LogP contribution in [0, 0.1) is 5.41 Å². The maximum absolute atomic E-state index is 12.8. The van der Waals surface area contributed by atoms with Gasteiger partial charge in [0, 0.05) is 19.2 Å². The number of likely N-dealkylation sites (N-methyl/N-ethyl adjacent to an activating group) is 1. The Morgan fingerprint density at radius 3 is 1.90 bits per heavy atom. The van der Waals surface area contributed by atoms with Gasteiger partial charge in [-0.05, 0) is 40.0 Å². The van der Waals surface area contributed by atoms with Crippen molar-refractivity contribution in [1.82, 2.24) is 10.2 Å². The molecule has 0 saturated carbocycles. The van der Waals surface area contributed by atoms with E-state index in [2.05, 4.69) is 19.2 Å². The molecular weight excluding hydrogens is 372 g/mol. The molecule has 1 atom stereocenters. The molecule has 7 heteroatoms. The predicted octanol–water partition coefficient (Wildman–Crippen LogP) is 4.31. The Bertz CT molecular complexity index is 557. The molecule has 0 fully saturated rings. The van der Waals surface area contributed by atoms with E-state index >= 15 is 0 Å². The normalized spacial score (nSPS) is 12.9. The monoisotopic (exact) mass is 414 g/mol. The molecule has 1 N–H and O–H groups in total. The summed E-state index contributed by atoms with van der Waals surface area (Å²) >= 11 is 0. The molecule has 0 aromatic heterocycles. The fraction of sp³-hybridized carbons (Fsp3) is 0.773. The number of nitrogens with one attached hydrogen (secondary N) is 1. The molecule has 29 heavy (non-hydrogen) atoms. The first-order valence-electron chi connectivity index (χ1n) is 10.2. The fourth-order valence-electron chi connectivity index (χ4n) is 1.99. The Morgan fingerprint density at radius 2 is 1.52 bits per heavy atom. The van der Waals surface area contributed by atoms with Gasteiger partial charge in [-0.3, -0.25) is 4.79 Å². The van der Waals surface area contributed by atoms with E-state index in [1.807, 2.05) is 20.8 Å². The van der Waals surface area contributed by atoms with Crippen molar-refractivity contribution in [3.63, 3.8) is 0 Å². The third kappa shape index (κ3) is 13.7. The van der Waals surface area contributed by atoms with Crippen LogP contribution in [-0.2, 0) is 19.1 Å². The molecule has 0 spiro atoms. The van der Waals surface area contributed by atoms with Crippen molar-refractivity contribution in [2.75, 3.05) is 20.2 Å². The van der Waals surface area contributed by atoms with Crippen LogP contribution in [0.25, 0.3) is 0 Å². The lowest BCUT2D eigenvalue weighted by atomic mass is 9.86. The standard InChI is InChI=1S/C19H34N2O5.C3H8/c1-10-25-16(23)13(2)11-12-21(9)15(22)14(18(3,4)5)20-17(24)26-19(6,7)8;1-3-2/h11,14H,10,12H2,1-9H3,(H,20,24);3H2,1-2H3/b13-11+;.